The molecule has 0 fully saturated rings. The van der Waals surface area contributed by atoms with Crippen molar-refractivity contribution in [3.8, 4) is 11.5 Å². The summed E-state index contributed by atoms with van der Waals surface area (Å²) in [5.74, 6) is 1.14. The molecule has 0 radical (unpaired) electrons. The van der Waals surface area contributed by atoms with Crippen molar-refractivity contribution in [2.75, 3.05) is 6.61 Å². The van der Waals surface area contributed by atoms with Crippen LogP contribution in [0.2, 0.25) is 0 Å². The minimum absolute atomic E-state index is 0.0207. The summed E-state index contributed by atoms with van der Waals surface area (Å²) in [6.45, 7) is 2.39. The smallest absolute Gasteiger partial charge is 0.291 e. The third-order valence-corrected chi connectivity index (χ3v) is 3.43. The van der Waals surface area contributed by atoms with Gasteiger partial charge in [0.2, 0.25) is 6.10 Å². The monoisotopic (exact) mass is 297 g/mol. The zero-order chi connectivity index (χ0) is 15.5. The van der Waals surface area contributed by atoms with Gasteiger partial charge in [-0.05, 0) is 13.0 Å². The molecule has 0 aliphatic carbocycles. The number of hydrogen-bond acceptors (Lipinski definition) is 4. The normalized spacial score (nSPS) is 16.2. The predicted octanol–water partition coefficient (Wildman–Crippen LogP) is 3.84. The molecule has 0 saturated carbocycles. The van der Waals surface area contributed by atoms with E-state index in [0.717, 1.165) is 5.56 Å². The maximum absolute atomic E-state index is 11.4. The molecule has 0 N–H and O–H groups in total. The molecule has 3 rings (SSSR count). The van der Waals surface area contributed by atoms with Crippen molar-refractivity contribution in [2.45, 2.75) is 13.0 Å². The number of ether oxygens (including phenoxy) is 2. The van der Waals surface area contributed by atoms with Crippen LogP contribution in [0.4, 0.5) is 0 Å². The Labute approximate surface area is 127 Å². The lowest BCUT2D eigenvalue weighted by Gasteiger charge is -2.24. The topological polar surface area (TPSA) is 61.6 Å². The Kier molecular flexibility index (Phi) is 3.78. The molecule has 112 valence electrons. The molecule has 5 nitrogen and oxygen atoms in total. The summed E-state index contributed by atoms with van der Waals surface area (Å²) < 4.78 is 11.5. The summed E-state index contributed by atoms with van der Waals surface area (Å²) in [5, 5.41) is 11.4. The van der Waals surface area contributed by atoms with Crippen LogP contribution in [-0.4, -0.2) is 11.5 Å². The first kappa shape index (κ1) is 14.1. The molecule has 5 heteroatoms. The van der Waals surface area contributed by atoms with E-state index in [9.17, 15) is 10.1 Å². The van der Waals surface area contributed by atoms with Crippen molar-refractivity contribution in [1.29, 1.82) is 0 Å². The van der Waals surface area contributed by atoms with Gasteiger partial charge in [-0.1, -0.05) is 42.5 Å². The fourth-order valence-electron chi connectivity index (χ4n) is 2.47. The van der Waals surface area contributed by atoms with Crippen LogP contribution in [0.1, 0.15) is 24.2 Å². The molecule has 0 saturated heterocycles. The third kappa shape index (κ3) is 2.53. The molecule has 0 aromatic heterocycles. The first-order valence-corrected chi connectivity index (χ1v) is 7.04. The molecule has 1 atom stereocenters. The van der Waals surface area contributed by atoms with Crippen LogP contribution in [0.3, 0.4) is 0 Å². The highest BCUT2D eigenvalue weighted by Gasteiger charge is 2.34. The summed E-state index contributed by atoms with van der Waals surface area (Å²) in [6, 6.07) is 14.5. The zero-order valence-electron chi connectivity index (χ0n) is 12.1. The number of nitro groups is 1. The molecule has 2 aromatic carbocycles. The minimum atomic E-state index is -0.745. The van der Waals surface area contributed by atoms with Gasteiger partial charge in [0.15, 0.2) is 11.5 Å². The van der Waals surface area contributed by atoms with Gasteiger partial charge < -0.3 is 9.47 Å². The second-order valence-electron chi connectivity index (χ2n) is 4.84. The molecule has 22 heavy (non-hydrogen) atoms. The van der Waals surface area contributed by atoms with E-state index in [4.69, 9.17) is 9.47 Å². The molecule has 1 heterocycles. The summed E-state index contributed by atoms with van der Waals surface area (Å²) in [5.41, 5.74) is 1.42. The van der Waals surface area contributed by atoms with Crippen molar-refractivity contribution in [3.63, 3.8) is 0 Å². The van der Waals surface area contributed by atoms with Crippen molar-refractivity contribution < 1.29 is 14.4 Å². The minimum Gasteiger partial charge on any atom is -0.490 e. The Bertz CT molecular complexity index is 725. The largest absolute Gasteiger partial charge is 0.490 e. The highest BCUT2D eigenvalue weighted by molar-refractivity contribution is 5.66. The molecule has 0 spiro atoms. The highest BCUT2D eigenvalue weighted by Crippen LogP contribution is 2.42. The van der Waals surface area contributed by atoms with E-state index in [1.165, 1.54) is 0 Å². The standard InChI is InChI=1S/C17H15NO4/c1-2-21-15-10-6-9-13-11-14(18(19)20)16(22-17(13)15)12-7-4-3-5-8-12/h3-11,16H,2H2,1H3. The molecule has 0 bridgehead atoms. The Morgan fingerprint density at radius 1 is 1.18 bits per heavy atom. The van der Waals surface area contributed by atoms with E-state index in [1.807, 2.05) is 37.3 Å². The van der Waals surface area contributed by atoms with Crippen LogP contribution in [0, 0.1) is 10.1 Å². The van der Waals surface area contributed by atoms with Crippen LogP contribution in [0.25, 0.3) is 6.08 Å². The predicted molar refractivity (Wildman–Crippen MR) is 82.4 cm³/mol. The highest BCUT2D eigenvalue weighted by atomic mass is 16.6. The second-order valence-corrected chi connectivity index (χ2v) is 4.84. The number of hydrogen-bond donors (Lipinski definition) is 0. The maximum atomic E-state index is 11.4. The van der Waals surface area contributed by atoms with E-state index >= 15 is 0 Å². The first-order chi connectivity index (χ1) is 10.7. The molecule has 1 aliphatic heterocycles. The fraction of sp³-hybridized carbons (Fsp3) is 0.176. The number of rotatable bonds is 4. The van der Waals surface area contributed by atoms with Crippen LogP contribution in [-0.2, 0) is 0 Å². The first-order valence-electron chi connectivity index (χ1n) is 7.04. The van der Waals surface area contributed by atoms with Gasteiger partial charge in [0, 0.05) is 17.2 Å². The number of nitrogens with zero attached hydrogens (tertiary/aromatic N) is 1. The third-order valence-electron chi connectivity index (χ3n) is 3.43. The van der Waals surface area contributed by atoms with Gasteiger partial charge in [0.1, 0.15) is 0 Å². The fourth-order valence-corrected chi connectivity index (χ4v) is 2.47. The lowest BCUT2D eigenvalue weighted by molar-refractivity contribution is -0.434. The van der Waals surface area contributed by atoms with E-state index in [2.05, 4.69) is 0 Å². The number of fused-ring (bicyclic) bond motifs is 1. The van der Waals surface area contributed by atoms with Gasteiger partial charge in [-0.3, -0.25) is 10.1 Å². The molecule has 1 aliphatic rings. The van der Waals surface area contributed by atoms with Crippen molar-refractivity contribution in [1.82, 2.24) is 0 Å². The molecule has 0 amide bonds. The maximum Gasteiger partial charge on any atom is 0.291 e. The van der Waals surface area contributed by atoms with Crippen LogP contribution in [0.15, 0.2) is 54.2 Å². The second kappa shape index (κ2) is 5.89. The molecular weight excluding hydrogens is 282 g/mol. The van der Waals surface area contributed by atoms with E-state index < -0.39 is 11.0 Å². The molecular formula is C17H15NO4. The average molecular weight is 297 g/mol. The summed E-state index contributed by atoms with van der Waals surface area (Å²) in [4.78, 5) is 11.0. The van der Waals surface area contributed by atoms with Crippen LogP contribution >= 0.6 is 0 Å². The zero-order valence-corrected chi connectivity index (χ0v) is 12.1. The lowest BCUT2D eigenvalue weighted by atomic mass is 10.0. The molecule has 2 aromatic rings. The summed E-state index contributed by atoms with van der Waals surface area (Å²) in [7, 11) is 0. The Hall–Kier alpha value is -2.82. The number of benzene rings is 2. The Balaban J connectivity index is 2.10. The Morgan fingerprint density at radius 3 is 2.64 bits per heavy atom. The van der Waals surface area contributed by atoms with Gasteiger partial charge in [-0.2, -0.15) is 0 Å². The summed E-state index contributed by atoms with van der Waals surface area (Å²) >= 11 is 0. The number of para-hydroxylation sites is 1. The van der Waals surface area contributed by atoms with Crippen LogP contribution in [0.5, 0.6) is 11.5 Å². The summed E-state index contributed by atoms with van der Waals surface area (Å²) in [6.07, 6.45) is 0.809. The SMILES string of the molecule is CCOc1cccc2c1OC(c1ccccc1)C([N+](=O)[O-])=C2. The van der Waals surface area contributed by atoms with E-state index in [0.29, 0.717) is 23.7 Å². The van der Waals surface area contributed by atoms with Gasteiger partial charge in [-0.25, -0.2) is 0 Å². The quantitative estimate of drug-likeness (QED) is 0.635. The van der Waals surface area contributed by atoms with Gasteiger partial charge >= 0.3 is 0 Å². The van der Waals surface area contributed by atoms with Gasteiger partial charge in [0.25, 0.3) is 5.70 Å². The van der Waals surface area contributed by atoms with Crippen LogP contribution < -0.4 is 9.47 Å². The van der Waals surface area contributed by atoms with Crippen molar-refractivity contribution >= 4 is 6.08 Å². The molecule has 1 unspecified atom stereocenters. The van der Waals surface area contributed by atoms with Gasteiger partial charge in [0.05, 0.1) is 11.5 Å². The van der Waals surface area contributed by atoms with Crippen molar-refractivity contribution in [2.24, 2.45) is 0 Å². The van der Waals surface area contributed by atoms with E-state index in [1.54, 1.807) is 24.3 Å². The lowest BCUT2D eigenvalue weighted by Crippen LogP contribution is -2.20. The Morgan fingerprint density at radius 2 is 1.95 bits per heavy atom. The van der Waals surface area contributed by atoms with Crippen molar-refractivity contribution in [3.05, 3.63) is 75.5 Å². The van der Waals surface area contributed by atoms with E-state index in [-0.39, 0.29) is 5.70 Å². The van der Waals surface area contributed by atoms with Gasteiger partial charge in [-0.15, -0.1) is 0 Å². The average Bonchev–Trinajstić information content (AvgIpc) is 2.55.